The first kappa shape index (κ1) is 14.5. The van der Waals surface area contributed by atoms with Crippen LogP contribution in [0, 0.1) is 0 Å². The summed E-state index contributed by atoms with van der Waals surface area (Å²) in [6, 6.07) is 7.10. The summed E-state index contributed by atoms with van der Waals surface area (Å²) in [5.41, 5.74) is 6.44. The van der Waals surface area contributed by atoms with Crippen LogP contribution in [0.5, 0.6) is 0 Å². The van der Waals surface area contributed by atoms with Crippen LogP contribution in [0.1, 0.15) is 31.2 Å². The maximum absolute atomic E-state index is 11.9. The normalized spacial score (nSPS) is 28.3. The van der Waals surface area contributed by atoms with E-state index >= 15 is 0 Å². The summed E-state index contributed by atoms with van der Waals surface area (Å²) < 4.78 is 23.9. The van der Waals surface area contributed by atoms with Gasteiger partial charge in [0.2, 0.25) is 0 Å². The van der Waals surface area contributed by atoms with Crippen LogP contribution in [0.25, 0.3) is 0 Å². The van der Waals surface area contributed by atoms with Gasteiger partial charge in [-0.25, -0.2) is 8.42 Å². The first-order chi connectivity index (χ1) is 8.89. The molecule has 1 fully saturated rings. The fourth-order valence-electron chi connectivity index (χ4n) is 2.97. The van der Waals surface area contributed by atoms with Crippen LogP contribution in [-0.4, -0.2) is 32.4 Å². The molecule has 1 aliphatic rings. The molecule has 0 bridgehead atoms. The first-order valence-electron chi connectivity index (χ1n) is 6.57. The maximum Gasteiger partial charge on any atom is 0.175 e. The molecule has 4 nitrogen and oxygen atoms in total. The number of nitrogens with two attached hydrogens (primary N) is 1. The predicted molar refractivity (Wildman–Crippen MR) is 74.8 cm³/mol. The highest BCUT2D eigenvalue weighted by Crippen LogP contribution is 2.41. The SMILES string of the molecule is CS(=O)(=O)c1ccccc1C1(CN)CCC(O)CC1. The second kappa shape index (κ2) is 5.23. The number of aliphatic hydroxyl groups excluding tert-OH is 1. The summed E-state index contributed by atoms with van der Waals surface area (Å²) in [6.45, 7) is 0.409. The molecule has 2 rings (SSSR count). The van der Waals surface area contributed by atoms with E-state index in [9.17, 15) is 13.5 Å². The van der Waals surface area contributed by atoms with Gasteiger partial charge in [0.25, 0.3) is 0 Å². The molecular formula is C14H21NO3S. The van der Waals surface area contributed by atoms with Crippen molar-refractivity contribution >= 4 is 9.84 Å². The molecular weight excluding hydrogens is 262 g/mol. The standard InChI is InChI=1S/C14H21NO3S/c1-19(17,18)13-5-3-2-4-12(13)14(10-15)8-6-11(16)7-9-14/h2-5,11,16H,6-10,15H2,1H3. The Hall–Kier alpha value is -0.910. The van der Waals surface area contributed by atoms with Crippen molar-refractivity contribution < 1.29 is 13.5 Å². The number of aliphatic hydroxyl groups is 1. The van der Waals surface area contributed by atoms with E-state index in [1.54, 1.807) is 12.1 Å². The Morgan fingerprint density at radius 2 is 1.89 bits per heavy atom. The minimum absolute atomic E-state index is 0.287. The zero-order valence-corrected chi connectivity index (χ0v) is 12.0. The molecule has 5 heteroatoms. The summed E-state index contributed by atoms with van der Waals surface area (Å²) in [5.74, 6) is 0. The molecule has 0 unspecified atom stereocenters. The molecule has 0 aliphatic heterocycles. The molecule has 0 radical (unpaired) electrons. The average Bonchev–Trinajstić information content (AvgIpc) is 2.39. The van der Waals surface area contributed by atoms with E-state index in [4.69, 9.17) is 5.73 Å². The Morgan fingerprint density at radius 3 is 2.42 bits per heavy atom. The molecule has 19 heavy (non-hydrogen) atoms. The fourth-order valence-corrected chi connectivity index (χ4v) is 3.98. The summed E-state index contributed by atoms with van der Waals surface area (Å²) >= 11 is 0. The van der Waals surface area contributed by atoms with Gasteiger partial charge in [-0.3, -0.25) is 0 Å². The van der Waals surface area contributed by atoms with E-state index in [-0.39, 0.29) is 11.5 Å². The monoisotopic (exact) mass is 283 g/mol. The smallest absolute Gasteiger partial charge is 0.175 e. The quantitative estimate of drug-likeness (QED) is 0.874. The predicted octanol–water partition coefficient (Wildman–Crippen LogP) is 1.22. The van der Waals surface area contributed by atoms with Gasteiger partial charge in [-0.2, -0.15) is 0 Å². The third-order valence-electron chi connectivity index (χ3n) is 4.16. The van der Waals surface area contributed by atoms with Crippen LogP contribution >= 0.6 is 0 Å². The summed E-state index contributed by atoms with van der Waals surface area (Å²) in [6.07, 6.45) is 3.76. The van der Waals surface area contributed by atoms with Crippen LogP contribution in [0.4, 0.5) is 0 Å². The highest BCUT2D eigenvalue weighted by molar-refractivity contribution is 7.90. The minimum Gasteiger partial charge on any atom is -0.393 e. The lowest BCUT2D eigenvalue weighted by molar-refractivity contribution is 0.0966. The molecule has 106 valence electrons. The fraction of sp³-hybridized carbons (Fsp3) is 0.571. The van der Waals surface area contributed by atoms with Crippen molar-refractivity contribution in [3.8, 4) is 0 Å². The molecule has 0 heterocycles. The molecule has 0 aromatic heterocycles. The number of hydrogen-bond acceptors (Lipinski definition) is 4. The van der Waals surface area contributed by atoms with Gasteiger partial charge in [-0.15, -0.1) is 0 Å². The van der Waals surface area contributed by atoms with Gasteiger partial charge in [0.1, 0.15) is 0 Å². The largest absolute Gasteiger partial charge is 0.393 e. The van der Waals surface area contributed by atoms with E-state index in [1.807, 2.05) is 12.1 Å². The Bertz CT molecular complexity index is 546. The van der Waals surface area contributed by atoms with Crippen LogP contribution < -0.4 is 5.73 Å². The van der Waals surface area contributed by atoms with E-state index in [2.05, 4.69) is 0 Å². The zero-order chi connectivity index (χ0) is 14.1. The molecule has 0 spiro atoms. The lowest BCUT2D eigenvalue weighted by atomic mass is 9.69. The maximum atomic E-state index is 11.9. The second-order valence-corrected chi connectivity index (χ2v) is 7.47. The average molecular weight is 283 g/mol. The number of hydrogen-bond donors (Lipinski definition) is 2. The van der Waals surface area contributed by atoms with Crippen molar-refractivity contribution in [1.29, 1.82) is 0 Å². The molecule has 1 aromatic carbocycles. The Labute approximate surface area is 114 Å². The number of benzene rings is 1. The van der Waals surface area contributed by atoms with Crippen LogP contribution in [0.15, 0.2) is 29.2 Å². The number of sulfone groups is 1. The molecule has 1 aromatic rings. The van der Waals surface area contributed by atoms with E-state index in [1.165, 1.54) is 6.26 Å². The van der Waals surface area contributed by atoms with Crippen LogP contribution in [0.2, 0.25) is 0 Å². The van der Waals surface area contributed by atoms with Gasteiger partial charge >= 0.3 is 0 Å². The highest BCUT2D eigenvalue weighted by Gasteiger charge is 2.38. The van der Waals surface area contributed by atoms with Crippen LogP contribution in [0.3, 0.4) is 0 Å². The van der Waals surface area contributed by atoms with Crippen LogP contribution in [-0.2, 0) is 15.3 Å². The van der Waals surface area contributed by atoms with E-state index in [0.717, 1.165) is 18.4 Å². The molecule has 0 amide bonds. The first-order valence-corrected chi connectivity index (χ1v) is 8.46. The third-order valence-corrected chi connectivity index (χ3v) is 5.32. The lowest BCUT2D eigenvalue weighted by Gasteiger charge is -2.39. The minimum atomic E-state index is -3.26. The van der Waals surface area contributed by atoms with Gasteiger partial charge in [-0.05, 0) is 37.3 Å². The van der Waals surface area contributed by atoms with Gasteiger partial charge in [0.05, 0.1) is 11.0 Å². The van der Waals surface area contributed by atoms with Crippen molar-refractivity contribution in [2.75, 3.05) is 12.8 Å². The topological polar surface area (TPSA) is 80.4 Å². The van der Waals surface area contributed by atoms with Gasteiger partial charge in [-0.1, -0.05) is 18.2 Å². The lowest BCUT2D eigenvalue weighted by Crippen LogP contribution is -2.41. The molecule has 3 N–H and O–H groups in total. The number of rotatable bonds is 3. The molecule has 0 atom stereocenters. The van der Waals surface area contributed by atoms with E-state index < -0.39 is 9.84 Å². The Morgan fingerprint density at radius 1 is 1.32 bits per heavy atom. The third kappa shape index (κ3) is 2.83. The summed E-state index contributed by atoms with van der Waals surface area (Å²) in [7, 11) is -3.26. The van der Waals surface area contributed by atoms with Crippen molar-refractivity contribution in [3.05, 3.63) is 29.8 Å². The van der Waals surface area contributed by atoms with E-state index in [0.29, 0.717) is 24.3 Å². The van der Waals surface area contributed by atoms with Crippen molar-refractivity contribution in [1.82, 2.24) is 0 Å². The van der Waals surface area contributed by atoms with Gasteiger partial charge in [0, 0.05) is 18.2 Å². The summed E-state index contributed by atoms with van der Waals surface area (Å²) in [4.78, 5) is 0.372. The molecule has 0 saturated heterocycles. The highest BCUT2D eigenvalue weighted by atomic mass is 32.2. The zero-order valence-electron chi connectivity index (χ0n) is 11.2. The molecule has 1 aliphatic carbocycles. The second-order valence-electron chi connectivity index (χ2n) is 5.48. The Kier molecular flexibility index (Phi) is 3.99. The molecule has 1 saturated carbocycles. The van der Waals surface area contributed by atoms with Crippen molar-refractivity contribution in [2.45, 2.75) is 42.1 Å². The Balaban J connectivity index is 2.50. The van der Waals surface area contributed by atoms with Crippen molar-refractivity contribution in [2.24, 2.45) is 5.73 Å². The van der Waals surface area contributed by atoms with Gasteiger partial charge in [0.15, 0.2) is 9.84 Å². The summed E-state index contributed by atoms with van der Waals surface area (Å²) in [5, 5.41) is 9.65. The van der Waals surface area contributed by atoms with Gasteiger partial charge < -0.3 is 10.8 Å². The van der Waals surface area contributed by atoms with Crippen molar-refractivity contribution in [3.63, 3.8) is 0 Å².